The van der Waals surface area contributed by atoms with Crippen LogP contribution in [0.5, 0.6) is 0 Å². The Hall–Kier alpha value is -0.770. The summed E-state index contributed by atoms with van der Waals surface area (Å²) in [7, 11) is 0. The molecule has 0 saturated heterocycles. The van der Waals surface area contributed by atoms with Crippen LogP contribution in [0.15, 0.2) is 0 Å². The van der Waals surface area contributed by atoms with Crippen LogP contribution < -0.4 is 0 Å². The van der Waals surface area contributed by atoms with Crippen LogP contribution in [-0.2, 0) is 14.5 Å². The summed E-state index contributed by atoms with van der Waals surface area (Å²) in [4.78, 5) is 21.6. The highest BCUT2D eigenvalue weighted by Gasteiger charge is 2.22. The molecule has 0 N–H and O–H groups in total. The van der Waals surface area contributed by atoms with E-state index in [2.05, 4.69) is 13.8 Å². The minimum Gasteiger partial charge on any atom is -0.432 e. The number of ether oxygens (including phenoxy) is 1. The lowest BCUT2D eigenvalue weighted by atomic mass is 10.0. The van der Waals surface area contributed by atoms with Gasteiger partial charge >= 0.3 is 6.16 Å². The second-order valence-corrected chi connectivity index (χ2v) is 9.08. The summed E-state index contributed by atoms with van der Waals surface area (Å²) in [6.45, 7) is 8.72. The van der Waals surface area contributed by atoms with E-state index in [1.165, 1.54) is 77.0 Å². The van der Waals surface area contributed by atoms with Gasteiger partial charge in [0.1, 0.15) is 5.60 Å². The third kappa shape index (κ3) is 21.8. The molecule has 0 heterocycles. The maximum absolute atomic E-state index is 11.6. The van der Waals surface area contributed by atoms with Crippen LogP contribution in [0.4, 0.5) is 4.79 Å². The summed E-state index contributed by atoms with van der Waals surface area (Å²) >= 11 is 0. The van der Waals surface area contributed by atoms with Gasteiger partial charge < -0.3 is 4.74 Å². The third-order valence-electron chi connectivity index (χ3n) is 5.44. The van der Waals surface area contributed by atoms with Crippen molar-refractivity contribution in [2.45, 2.75) is 149 Å². The average Bonchev–Trinajstić information content (AvgIpc) is 2.69. The van der Waals surface area contributed by atoms with Gasteiger partial charge in [-0.3, -0.25) is 4.89 Å². The van der Waals surface area contributed by atoms with Gasteiger partial charge in [0.15, 0.2) is 0 Å². The molecule has 0 bridgehead atoms. The van der Waals surface area contributed by atoms with Crippen molar-refractivity contribution in [3.05, 3.63) is 0 Å². The Labute approximate surface area is 181 Å². The number of hydrogen-bond donors (Lipinski definition) is 0. The monoisotopic (exact) mass is 414 g/mol. The molecule has 0 aliphatic carbocycles. The van der Waals surface area contributed by atoms with Crippen LogP contribution in [0.3, 0.4) is 0 Å². The Morgan fingerprint density at radius 1 is 0.621 bits per heavy atom. The maximum Gasteiger partial charge on any atom is 0.540 e. The van der Waals surface area contributed by atoms with Gasteiger partial charge in [0.05, 0.1) is 6.61 Å². The Kier molecular flexibility index (Phi) is 20.0. The molecule has 0 amide bonds. The van der Waals surface area contributed by atoms with Crippen molar-refractivity contribution in [3.8, 4) is 0 Å². The van der Waals surface area contributed by atoms with E-state index < -0.39 is 11.8 Å². The molecule has 0 saturated carbocycles. The lowest BCUT2D eigenvalue weighted by Gasteiger charge is -2.22. The van der Waals surface area contributed by atoms with Crippen LogP contribution in [-0.4, -0.2) is 18.4 Å². The van der Waals surface area contributed by atoms with Crippen molar-refractivity contribution in [2.24, 2.45) is 0 Å². The Balaban J connectivity index is 3.32. The van der Waals surface area contributed by atoms with Crippen LogP contribution in [0.1, 0.15) is 143 Å². The third-order valence-corrected chi connectivity index (χ3v) is 5.44. The number of hydrogen-bond acceptors (Lipinski definition) is 4. The number of unbranched alkanes of at least 4 members (excludes halogenated alkanes) is 15. The van der Waals surface area contributed by atoms with Gasteiger partial charge in [-0.1, -0.05) is 117 Å². The normalized spacial score (nSPS) is 11.6. The molecule has 0 aliphatic rings. The fraction of sp³-hybridized carbons (Fsp3) is 0.960. The molecular weight excluding hydrogens is 364 g/mol. The van der Waals surface area contributed by atoms with E-state index in [0.29, 0.717) is 6.61 Å². The minimum atomic E-state index is -0.719. The average molecular weight is 415 g/mol. The van der Waals surface area contributed by atoms with Gasteiger partial charge in [-0.15, -0.1) is 0 Å². The molecule has 0 atom stereocenters. The fourth-order valence-corrected chi connectivity index (χ4v) is 3.47. The van der Waals surface area contributed by atoms with Crippen molar-refractivity contribution in [3.63, 3.8) is 0 Å². The van der Waals surface area contributed by atoms with Gasteiger partial charge in [0, 0.05) is 0 Å². The molecule has 4 nitrogen and oxygen atoms in total. The summed E-state index contributed by atoms with van der Waals surface area (Å²) in [6, 6.07) is 0. The summed E-state index contributed by atoms with van der Waals surface area (Å²) in [5, 5.41) is 0. The van der Waals surface area contributed by atoms with Gasteiger partial charge in [0.2, 0.25) is 0 Å². The number of rotatable bonds is 21. The molecule has 0 spiro atoms. The number of carbonyl (C=O) groups is 1. The molecule has 0 rings (SSSR count). The zero-order valence-corrected chi connectivity index (χ0v) is 20.1. The Morgan fingerprint density at radius 3 is 1.52 bits per heavy atom. The highest BCUT2D eigenvalue weighted by atomic mass is 17.2. The molecule has 0 aliphatic heterocycles. The molecular formula is C25H50O4. The molecule has 0 aromatic carbocycles. The standard InChI is InChI=1S/C25H50O4/c1-5-7-9-10-11-12-13-14-15-16-17-18-19-21-23-27-24(26)28-29-25(3,4)22-20-8-6-2/h5-23H2,1-4H3. The predicted molar refractivity (Wildman–Crippen MR) is 122 cm³/mol. The zero-order valence-electron chi connectivity index (χ0n) is 20.1. The topological polar surface area (TPSA) is 44.8 Å². The van der Waals surface area contributed by atoms with Crippen molar-refractivity contribution < 1.29 is 19.3 Å². The lowest BCUT2D eigenvalue weighted by Crippen LogP contribution is -2.26. The van der Waals surface area contributed by atoms with E-state index in [0.717, 1.165) is 38.5 Å². The summed E-state index contributed by atoms with van der Waals surface area (Å²) in [6.07, 6.45) is 22.0. The molecule has 0 fully saturated rings. The van der Waals surface area contributed by atoms with Gasteiger partial charge in [-0.05, 0) is 26.7 Å². The number of carbonyl (C=O) groups excluding carboxylic acids is 1. The Morgan fingerprint density at radius 2 is 1.03 bits per heavy atom. The van der Waals surface area contributed by atoms with E-state index in [-0.39, 0.29) is 0 Å². The summed E-state index contributed by atoms with van der Waals surface area (Å²) < 4.78 is 5.08. The van der Waals surface area contributed by atoms with E-state index >= 15 is 0 Å². The quantitative estimate of drug-likeness (QED) is 0.0813. The van der Waals surface area contributed by atoms with Gasteiger partial charge in [-0.2, -0.15) is 4.89 Å². The van der Waals surface area contributed by atoms with E-state index in [1.807, 2.05) is 13.8 Å². The van der Waals surface area contributed by atoms with E-state index in [1.54, 1.807) is 0 Å². The second kappa shape index (κ2) is 20.5. The molecule has 174 valence electrons. The first kappa shape index (κ1) is 28.2. The maximum atomic E-state index is 11.6. The molecule has 0 unspecified atom stereocenters. The largest absolute Gasteiger partial charge is 0.540 e. The fourth-order valence-electron chi connectivity index (χ4n) is 3.47. The van der Waals surface area contributed by atoms with Crippen molar-refractivity contribution >= 4 is 6.16 Å². The highest BCUT2D eigenvalue weighted by Crippen LogP contribution is 2.19. The van der Waals surface area contributed by atoms with Crippen LogP contribution >= 0.6 is 0 Å². The predicted octanol–water partition coefficient (Wildman–Crippen LogP) is 8.91. The highest BCUT2D eigenvalue weighted by molar-refractivity contribution is 5.58. The summed E-state index contributed by atoms with van der Waals surface area (Å²) in [5.41, 5.74) is -0.455. The van der Waals surface area contributed by atoms with Crippen LogP contribution in [0.2, 0.25) is 0 Å². The van der Waals surface area contributed by atoms with E-state index in [4.69, 9.17) is 14.5 Å². The van der Waals surface area contributed by atoms with Crippen molar-refractivity contribution in [2.75, 3.05) is 6.61 Å². The molecule has 0 aromatic rings. The smallest absolute Gasteiger partial charge is 0.432 e. The van der Waals surface area contributed by atoms with Crippen LogP contribution in [0.25, 0.3) is 0 Å². The molecule has 29 heavy (non-hydrogen) atoms. The first-order valence-corrected chi connectivity index (χ1v) is 12.5. The van der Waals surface area contributed by atoms with E-state index in [9.17, 15) is 4.79 Å². The van der Waals surface area contributed by atoms with Gasteiger partial charge in [0.25, 0.3) is 0 Å². The lowest BCUT2D eigenvalue weighted by molar-refractivity contribution is -0.318. The van der Waals surface area contributed by atoms with Gasteiger partial charge in [-0.25, -0.2) is 4.79 Å². The minimum absolute atomic E-state index is 0.413. The SMILES string of the molecule is CCCCCCCCCCCCCCCCOC(=O)OOC(C)(C)CCCCC. The van der Waals surface area contributed by atoms with Crippen LogP contribution in [0, 0.1) is 0 Å². The zero-order chi connectivity index (χ0) is 21.6. The first-order valence-electron chi connectivity index (χ1n) is 12.5. The first-order chi connectivity index (χ1) is 14.0. The molecule has 0 radical (unpaired) electrons. The molecule has 4 heteroatoms. The second-order valence-electron chi connectivity index (χ2n) is 9.08. The molecule has 0 aromatic heterocycles. The van der Waals surface area contributed by atoms with Crippen molar-refractivity contribution in [1.82, 2.24) is 0 Å². The van der Waals surface area contributed by atoms with Crippen molar-refractivity contribution in [1.29, 1.82) is 0 Å². The summed E-state index contributed by atoms with van der Waals surface area (Å²) in [5.74, 6) is 0. The Bertz CT molecular complexity index is 355.